The fourth-order valence-electron chi connectivity index (χ4n) is 4.27. The highest BCUT2D eigenvalue weighted by Gasteiger charge is 2.26. The number of anilines is 2. The Labute approximate surface area is 186 Å². The topological polar surface area (TPSA) is 108 Å². The monoisotopic (exact) mass is 433 g/mol. The second-order valence-electron chi connectivity index (χ2n) is 8.05. The van der Waals surface area contributed by atoms with Crippen LogP contribution in [0.3, 0.4) is 0 Å². The summed E-state index contributed by atoms with van der Waals surface area (Å²) in [5.41, 5.74) is 4.31. The van der Waals surface area contributed by atoms with Crippen molar-refractivity contribution < 1.29 is 9.53 Å². The lowest BCUT2D eigenvalue weighted by Crippen LogP contribution is -2.35. The molecule has 9 heteroatoms. The van der Waals surface area contributed by atoms with E-state index in [9.17, 15) is 4.79 Å². The summed E-state index contributed by atoms with van der Waals surface area (Å²) in [5, 5.41) is 13.2. The van der Waals surface area contributed by atoms with E-state index in [-0.39, 0.29) is 12.0 Å². The van der Waals surface area contributed by atoms with Crippen LogP contribution in [0.15, 0.2) is 42.9 Å². The average Bonchev–Trinajstić information content (AvgIpc) is 3.40. The van der Waals surface area contributed by atoms with Gasteiger partial charge in [0.15, 0.2) is 0 Å². The summed E-state index contributed by atoms with van der Waals surface area (Å²) < 4.78 is 5.98. The molecule has 5 rings (SSSR count). The maximum Gasteiger partial charge on any atom is 0.274 e. The molecule has 3 aromatic heterocycles. The lowest BCUT2D eigenvalue weighted by atomic mass is 10.1. The van der Waals surface area contributed by atoms with Crippen LogP contribution >= 0.6 is 0 Å². The van der Waals surface area contributed by atoms with Crippen molar-refractivity contribution in [1.82, 2.24) is 25.5 Å². The van der Waals surface area contributed by atoms with Crippen LogP contribution in [0.2, 0.25) is 0 Å². The maximum absolute atomic E-state index is 13.3. The molecule has 5 heterocycles. The Morgan fingerprint density at radius 3 is 2.88 bits per heavy atom. The Bertz CT molecular complexity index is 1020. The van der Waals surface area contributed by atoms with Crippen molar-refractivity contribution in [3.63, 3.8) is 0 Å². The van der Waals surface area contributed by atoms with Gasteiger partial charge in [0.05, 0.1) is 35.6 Å². The van der Waals surface area contributed by atoms with Gasteiger partial charge in [-0.25, -0.2) is 4.98 Å². The number of aromatic amines is 1. The van der Waals surface area contributed by atoms with Crippen LogP contribution in [0, 0.1) is 0 Å². The summed E-state index contributed by atoms with van der Waals surface area (Å²) in [6, 6.07) is 7.39. The third-order valence-electron chi connectivity index (χ3n) is 5.90. The quantitative estimate of drug-likeness (QED) is 0.568. The molecule has 3 N–H and O–H groups in total. The minimum Gasteiger partial charge on any atom is -0.370 e. The van der Waals surface area contributed by atoms with Crippen molar-refractivity contribution in [2.75, 3.05) is 43.0 Å². The number of nitrogens with zero attached hydrogens (tertiary/aromatic N) is 4. The number of H-pyrrole nitrogens is 1. The number of pyridine rings is 2. The van der Waals surface area contributed by atoms with Crippen LogP contribution in [0.25, 0.3) is 11.3 Å². The largest absolute Gasteiger partial charge is 0.370 e. The third-order valence-corrected chi connectivity index (χ3v) is 5.90. The van der Waals surface area contributed by atoms with Crippen molar-refractivity contribution in [2.45, 2.75) is 25.4 Å². The Hall–Kier alpha value is -3.30. The number of hydrogen-bond donors (Lipinski definition) is 3. The van der Waals surface area contributed by atoms with E-state index in [1.54, 1.807) is 18.5 Å². The first kappa shape index (κ1) is 20.6. The number of rotatable bonds is 5. The van der Waals surface area contributed by atoms with Crippen molar-refractivity contribution in [2.24, 2.45) is 0 Å². The van der Waals surface area contributed by atoms with E-state index in [2.05, 4.69) is 35.7 Å². The molecule has 9 nitrogen and oxygen atoms in total. The molecule has 2 saturated heterocycles. The van der Waals surface area contributed by atoms with Crippen LogP contribution in [-0.4, -0.2) is 58.9 Å². The van der Waals surface area contributed by atoms with Crippen molar-refractivity contribution >= 4 is 17.3 Å². The number of aromatic nitrogens is 4. The van der Waals surface area contributed by atoms with E-state index in [0.717, 1.165) is 49.4 Å². The molecule has 0 aromatic carbocycles. The van der Waals surface area contributed by atoms with Crippen molar-refractivity contribution in [1.29, 1.82) is 0 Å². The van der Waals surface area contributed by atoms with E-state index in [1.165, 1.54) is 6.42 Å². The molecule has 0 spiro atoms. The Morgan fingerprint density at radius 1 is 1.19 bits per heavy atom. The standard InChI is InChI=1S/C23H27N7O2/c31-23(18-6-4-5-17(28-18)16-13-26-27-14-16)29-21-19(30-10-2-1-3-11-30)7-8-25-22(21)20-15-24-9-12-32-20/h4-8,13-14,20,24H,1-3,9-12,15H2,(H,26,27)(H,29,31). The van der Waals surface area contributed by atoms with E-state index in [1.807, 2.05) is 24.4 Å². The highest BCUT2D eigenvalue weighted by Crippen LogP contribution is 2.35. The van der Waals surface area contributed by atoms with Crippen LogP contribution in [0.1, 0.15) is 41.5 Å². The molecule has 2 aliphatic heterocycles. The van der Waals surface area contributed by atoms with E-state index in [0.29, 0.717) is 30.2 Å². The van der Waals surface area contributed by atoms with Gasteiger partial charge in [-0.1, -0.05) is 6.07 Å². The summed E-state index contributed by atoms with van der Waals surface area (Å²) in [4.78, 5) is 24.8. The molecule has 1 amide bonds. The lowest BCUT2D eigenvalue weighted by molar-refractivity contribution is 0.0255. The first-order valence-corrected chi connectivity index (χ1v) is 11.1. The Kier molecular flexibility index (Phi) is 6.09. The molecule has 1 atom stereocenters. The summed E-state index contributed by atoms with van der Waals surface area (Å²) in [6.45, 7) is 4.01. The van der Waals surface area contributed by atoms with Gasteiger partial charge in [-0.15, -0.1) is 0 Å². The molecule has 166 valence electrons. The maximum atomic E-state index is 13.3. The molecular formula is C23H27N7O2. The van der Waals surface area contributed by atoms with E-state index < -0.39 is 0 Å². The Morgan fingerprint density at radius 2 is 2.09 bits per heavy atom. The number of nitrogens with one attached hydrogen (secondary N) is 3. The highest BCUT2D eigenvalue weighted by molar-refractivity contribution is 6.05. The summed E-state index contributed by atoms with van der Waals surface area (Å²) in [7, 11) is 0. The van der Waals surface area contributed by atoms with Gasteiger partial charge in [-0.3, -0.25) is 14.9 Å². The molecular weight excluding hydrogens is 406 g/mol. The predicted octanol–water partition coefficient (Wildman–Crippen LogP) is 2.77. The summed E-state index contributed by atoms with van der Waals surface area (Å²) in [6.07, 6.45) is 8.55. The van der Waals surface area contributed by atoms with Crippen LogP contribution < -0.4 is 15.5 Å². The molecule has 0 aliphatic carbocycles. The number of carbonyl (C=O) groups excluding carboxylic acids is 1. The van der Waals surface area contributed by atoms with Gasteiger partial charge in [-0.2, -0.15) is 5.10 Å². The normalized spacial score (nSPS) is 19.0. The second kappa shape index (κ2) is 9.46. The van der Waals surface area contributed by atoms with E-state index in [4.69, 9.17) is 4.74 Å². The number of ether oxygens (including phenoxy) is 1. The zero-order chi connectivity index (χ0) is 21.8. The molecule has 2 fully saturated rings. The first-order chi connectivity index (χ1) is 15.8. The minimum atomic E-state index is -0.272. The SMILES string of the molecule is O=C(Nc1c(N2CCCCC2)ccnc1C1CNCCO1)c1cccc(-c2cn[nH]c2)n1. The first-order valence-electron chi connectivity index (χ1n) is 11.1. The molecule has 0 radical (unpaired) electrons. The molecule has 0 saturated carbocycles. The predicted molar refractivity (Wildman–Crippen MR) is 122 cm³/mol. The van der Waals surface area contributed by atoms with Gasteiger partial charge >= 0.3 is 0 Å². The summed E-state index contributed by atoms with van der Waals surface area (Å²) in [5.74, 6) is -0.272. The minimum absolute atomic E-state index is 0.214. The van der Waals surface area contributed by atoms with E-state index >= 15 is 0 Å². The molecule has 2 aliphatic rings. The van der Waals surface area contributed by atoms with Gasteiger partial charge in [-0.05, 0) is 37.5 Å². The molecule has 32 heavy (non-hydrogen) atoms. The lowest BCUT2D eigenvalue weighted by Gasteiger charge is -2.32. The molecule has 0 bridgehead atoms. The fourth-order valence-corrected chi connectivity index (χ4v) is 4.27. The second-order valence-corrected chi connectivity index (χ2v) is 8.05. The van der Waals surface area contributed by atoms with Crippen LogP contribution in [0.4, 0.5) is 11.4 Å². The van der Waals surface area contributed by atoms with Crippen molar-refractivity contribution in [3.8, 4) is 11.3 Å². The number of morpholine rings is 1. The third kappa shape index (κ3) is 4.35. The van der Waals surface area contributed by atoms with Crippen molar-refractivity contribution in [3.05, 3.63) is 54.2 Å². The zero-order valence-corrected chi connectivity index (χ0v) is 17.9. The molecule has 1 unspecified atom stereocenters. The zero-order valence-electron chi connectivity index (χ0n) is 17.9. The fraction of sp³-hybridized carbons (Fsp3) is 0.391. The highest BCUT2D eigenvalue weighted by atomic mass is 16.5. The van der Waals surface area contributed by atoms with Crippen LogP contribution in [0.5, 0.6) is 0 Å². The van der Waals surface area contributed by atoms with Gasteiger partial charge in [0, 0.05) is 44.1 Å². The van der Waals surface area contributed by atoms with Gasteiger partial charge in [0.1, 0.15) is 11.8 Å². The summed E-state index contributed by atoms with van der Waals surface area (Å²) >= 11 is 0. The number of carbonyl (C=O) groups is 1. The number of piperidine rings is 1. The van der Waals surface area contributed by atoms with Gasteiger partial charge in [0.2, 0.25) is 0 Å². The average molecular weight is 434 g/mol. The van der Waals surface area contributed by atoms with Gasteiger partial charge < -0.3 is 20.3 Å². The van der Waals surface area contributed by atoms with Gasteiger partial charge in [0.25, 0.3) is 5.91 Å². The Balaban J connectivity index is 1.48. The number of amides is 1. The molecule has 3 aromatic rings. The van der Waals surface area contributed by atoms with Crippen LogP contribution in [-0.2, 0) is 4.74 Å². The number of hydrogen-bond acceptors (Lipinski definition) is 7. The smallest absolute Gasteiger partial charge is 0.274 e.